The maximum absolute atomic E-state index is 12.7. The monoisotopic (exact) mass is 394 g/mol. The van der Waals surface area contributed by atoms with Gasteiger partial charge >= 0.3 is 0 Å². The van der Waals surface area contributed by atoms with Crippen molar-refractivity contribution in [2.75, 3.05) is 32.0 Å². The van der Waals surface area contributed by atoms with Crippen molar-refractivity contribution in [1.29, 1.82) is 0 Å². The molecule has 0 aliphatic heterocycles. The second kappa shape index (κ2) is 9.41. The Morgan fingerprint density at radius 1 is 0.793 bits per heavy atom. The molecule has 0 radical (unpaired) electrons. The van der Waals surface area contributed by atoms with Crippen molar-refractivity contribution in [1.82, 2.24) is 10.2 Å². The number of carbonyl (C=O) groups excluding carboxylic acids is 1. The van der Waals surface area contributed by atoms with Crippen molar-refractivity contribution in [3.05, 3.63) is 65.7 Å². The average molecular weight is 394 g/mol. The summed E-state index contributed by atoms with van der Waals surface area (Å²) in [6.07, 6.45) is 0. The number of nitrogens with zero attached hydrogens (tertiary/aromatic N) is 2. The molecule has 2 aromatic carbocycles. The molecule has 3 aromatic rings. The Morgan fingerprint density at radius 3 is 2.00 bits per heavy atom. The van der Waals surface area contributed by atoms with Crippen LogP contribution >= 0.6 is 0 Å². The van der Waals surface area contributed by atoms with Gasteiger partial charge in [0.15, 0.2) is 5.82 Å². The number of aromatic nitrogens is 2. The van der Waals surface area contributed by atoms with Crippen LogP contribution in [0.4, 0.5) is 11.6 Å². The fraction of sp³-hybridized carbons (Fsp3) is 0.190. The number of hydrogen-bond acceptors (Lipinski definition) is 7. The van der Waals surface area contributed by atoms with Crippen LogP contribution in [0.2, 0.25) is 0 Å². The summed E-state index contributed by atoms with van der Waals surface area (Å²) in [4.78, 5) is 12.7. The number of benzene rings is 2. The molecule has 29 heavy (non-hydrogen) atoms. The van der Waals surface area contributed by atoms with Crippen LogP contribution in [0.3, 0.4) is 0 Å². The molecule has 0 saturated carbocycles. The van der Waals surface area contributed by atoms with E-state index in [4.69, 9.17) is 14.2 Å². The SMILES string of the molecule is COc1ccccc1CNc1ccc(NC(=O)c2c(OC)cccc2OC)nn1. The Kier molecular flexibility index (Phi) is 6.47. The highest BCUT2D eigenvalue weighted by Gasteiger charge is 2.18. The van der Waals surface area contributed by atoms with Crippen LogP contribution in [0.25, 0.3) is 0 Å². The summed E-state index contributed by atoms with van der Waals surface area (Å²) < 4.78 is 15.9. The molecule has 8 nitrogen and oxygen atoms in total. The van der Waals surface area contributed by atoms with E-state index in [0.717, 1.165) is 11.3 Å². The molecular formula is C21H22N4O4. The lowest BCUT2D eigenvalue weighted by molar-refractivity contribution is 0.102. The number of anilines is 2. The fourth-order valence-electron chi connectivity index (χ4n) is 2.78. The minimum absolute atomic E-state index is 0.290. The van der Waals surface area contributed by atoms with E-state index < -0.39 is 5.91 Å². The highest BCUT2D eigenvalue weighted by molar-refractivity contribution is 6.07. The van der Waals surface area contributed by atoms with Crippen molar-refractivity contribution in [3.63, 3.8) is 0 Å². The largest absolute Gasteiger partial charge is 0.496 e. The van der Waals surface area contributed by atoms with Gasteiger partial charge in [-0.3, -0.25) is 4.79 Å². The highest BCUT2D eigenvalue weighted by Crippen LogP contribution is 2.28. The van der Waals surface area contributed by atoms with Crippen LogP contribution in [-0.2, 0) is 6.54 Å². The van der Waals surface area contributed by atoms with E-state index in [2.05, 4.69) is 20.8 Å². The first-order valence-electron chi connectivity index (χ1n) is 8.88. The molecule has 0 unspecified atom stereocenters. The number of rotatable bonds is 8. The van der Waals surface area contributed by atoms with Gasteiger partial charge in [-0.15, -0.1) is 10.2 Å². The van der Waals surface area contributed by atoms with Crippen LogP contribution in [0.5, 0.6) is 17.2 Å². The summed E-state index contributed by atoms with van der Waals surface area (Å²) in [5.74, 6) is 2.09. The molecule has 8 heteroatoms. The lowest BCUT2D eigenvalue weighted by atomic mass is 10.1. The number of ether oxygens (including phenoxy) is 3. The maximum Gasteiger partial charge on any atom is 0.264 e. The molecule has 0 fully saturated rings. The predicted molar refractivity (Wildman–Crippen MR) is 110 cm³/mol. The second-order valence-electron chi connectivity index (χ2n) is 5.96. The van der Waals surface area contributed by atoms with Crippen molar-refractivity contribution in [2.24, 2.45) is 0 Å². The number of nitrogens with one attached hydrogen (secondary N) is 2. The van der Waals surface area contributed by atoms with Crippen molar-refractivity contribution in [2.45, 2.75) is 6.54 Å². The number of para-hydroxylation sites is 1. The van der Waals surface area contributed by atoms with Crippen molar-refractivity contribution < 1.29 is 19.0 Å². The lowest BCUT2D eigenvalue weighted by Gasteiger charge is -2.13. The van der Waals surface area contributed by atoms with Gasteiger partial charge in [0.2, 0.25) is 0 Å². The van der Waals surface area contributed by atoms with Crippen LogP contribution in [0, 0.1) is 0 Å². The summed E-state index contributed by atoms with van der Waals surface area (Å²) in [5.41, 5.74) is 1.29. The topological polar surface area (TPSA) is 94.6 Å². The number of methoxy groups -OCH3 is 3. The molecule has 0 spiro atoms. The van der Waals surface area contributed by atoms with Gasteiger partial charge in [-0.2, -0.15) is 0 Å². The molecule has 0 atom stereocenters. The molecule has 1 aromatic heterocycles. The zero-order valence-electron chi connectivity index (χ0n) is 16.4. The van der Waals surface area contributed by atoms with Gasteiger partial charge in [0.05, 0.1) is 21.3 Å². The zero-order chi connectivity index (χ0) is 20.6. The first kappa shape index (κ1) is 19.9. The van der Waals surface area contributed by atoms with Gasteiger partial charge in [-0.25, -0.2) is 0 Å². The first-order chi connectivity index (χ1) is 14.2. The van der Waals surface area contributed by atoms with Crippen LogP contribution in [0.15, 0.2) is 54.6 Å². The van der Waals surface area contributed by atoms with E-state index in [1.54, 1.807) is 37.4 Å². The van der Waals surface area contributed by atoms with Gasteiger partial charge in [0.25, 0.3) is 5.91 Å². The Labute approximate surface area is 168 Å². The third-order valence-corrected chi connectivity index (χ3v) is 4.21. The Balaban J connectivity index is 1.67. The first-order valence-corrected chi connectivity index (χ1v) is 8.88. The molecule has 0 saturated heterocycles. The van der Waals surface area contributed by atoms with Gasteiger partial charge in [0.1, 0.15) is 28.6 Å². The van der Waals surface area contributed by atoms with Crippen molar-refractivity contribution in [3.8, 4) is 17.2 Å². The standard InChI is InChI=1S/C21H22N4O4/c1-27-15-8-5-4-7-14(15)13-22-18-11-12-19(25-24-18)23-21(26)20-16(28-2)9-6-10-17(20)29-3/h4-12H,13H2,1-3H3,(H,22,24)(H,23,25,26). The Morgan fingerprint density at radius 2 is 1.38 bits per heavy atom. The summed E-state index contributed by atoms with van der Waals surface area (Å²) in [6.45, 7) is 0.531. The smallest absolute Gasteiger partial charge is 0.264 e. The quantitative estimate of drug-likeness (QED) is 0.605. The average Bonchev–Trinajstić information content (AvgIpc) is 2.78. The molecule has 3 rings (SSSR count). The van der Waals surface area contributed by atoms with Gasteiger partial charge in [-0.05, 0) is 30.3 Å². The lowest BCUT2D eigenvalue weighted by Crippen LogP contribution is -2.16. The molecule has 150 valence electrons. The molecule has 0 bridgehead atoms. The van der Waals surface area contributed by atoms with E-state index in [-0.39, 0.29) is 5.56 Å². The third-order valence-electron chi connectivity index (χ3n) is 4.21. The fourth-order valence-corrected chi connectivity index (χ4v) is 2.78. The van der Waals surface area contributed by atoms with E-state index in [9.17, 15) is 4.79 Å². The summed E-state index contributed by atoms with van der Waals surface area (Å²) in [5, 5.41) is 14.0. The predicted octanol–water partition coefficient (Wildman–Crippen LogP) is 3.37. The number of carbonyl (C=O) groups is 1. The van der Waals surface area contributed by atoms with E-state index >= 15 is 0 Å². The minimum atomic E-state index is -0.400. The highest BCUT2D eigenvalue weighted by atomic mass is 16.5. The van der Waals surface area contributed by atoms with E-state index in [1.165, 1.54) is 14.2 Å². The van der Waals surface area contributed by atoms with Crippen molar-refractivity contribution >= 4 is 17.5 Å². The van der Waals surface area contributed by atoms with E-state index in [0.29, 0.717) is 29.7 Å². The van der Waals surface area contributed by atoms with Gasteiger partial charge in [0, 0.05) is 12.1 Å². The second-order valence-corrected chi connectivity index (χ2v) is 5.96. The van der Waals surface area contributed by atoms with Crippen LogP contribution in [0.1, 0.15) is 15.9 Å². The normalized spacial score (nSPS) is 10.2. The molecule has 0 aliphatic carbocycles. The molecule has 0 aliphatic rings. The Bertz CT molecular complexity index is 954. The summed E-state index contributed by atoms with van der Waals surface area (Å²) >= 11 is 0. The molecular weight excluding hydrogens is 372 g/mol. The third kappa shape index (κ3) is 4.73. The zero-order valence-corrected chi connectivity index (χ0v) is 16.4. The Hall–Kier alpha value is -3.81. The van der Waals surface area contributed by atoms with Gasteiger partial charge < -0.3 is 24.8 Å². The maximum atomic E-state index is 12.7. The summed E-state index contributed by atoms with van der Waals surface area (Å²) in [7, 11) is 4.62. The molecule has 1 amide bonds. The number of hydrogen-bond donors (Lipinski definition) is 2. The van der Waals surface area contributed by atoms with Crippen LogP contribution < -0.4 is 24.8 Å². The van der Waals surface area contributed by atoms with Crippen LogP contribution in [-0.4, -0.2) is 37.4 Å². The molecule has 1 heterocycles. The number of amides is 1. The van der Waals surface area contributed by atoms with Gasteiger partial charge in [-0.1, -0.05) is 24.3 Å². The molecule has 2 N–H and O–H groups in total. The minimum Gasteiger partial charge on any atom is -0.496 e. The summed E-state index contributed by atoms with van der Waals surface area (Å²) in [6, 6.07) is 16.2. The van der Waals surface area contributed by atoms with E-state index in [1.807, 2.05) is 24.3 Å².